The molecule has 4 unspecified atom stereocenters. The van der Waals surface area contributed by atoms with Gasteiger partial charge in [-0.05, 0) is 37.0 Å². The molecule has 0 aliphatic carbocycles. The highest BCUT2D eigenvalue weighted by Crippen LogP contribution is 2.11. The van der Waals surface area contributed by atoms with Crippen LogP contribution in [0, 0.1) is 0 Å². The topological polar surface area (TPSA) is 322 Å². The van der Waals surface area contributed by atoms with Gasteiger partial charge in [0, 0.05) is 6.54 Å². The lowest BCUT2D eigenvalue weighted by Crippen LogP contribution is -2.56. The number of aliphatic hydroxyl groups excluding tert-OH is 1. The van der Waals surface area contributed by atoms with Gasteiger partial charge in [-0.15, -0.1) is 0 Å². The normalized spacial score (nSPS) is 13.4. The van der Waals surface area contributed by atoms with Gasteiger partial charge in [-0.2, -0.15) is 0 Å². The van der Waals surface area contributed by atoms with Crippen molar-refractivity contribution in [1.29, 1.82) is 0 Å². The van der Waals surface area contributed by atoms with Gasteiger partial charge in [-0.1, -0.05) is 12.1 Å². The zero-order chi connectivity index (χ0) is 31.8. The van der Waals surface area contributed by atoms with Crippen molar-refractivity contribution in [2.45, 2.75) is 49.9 Å². The van der Waals surface area contributed by atoms with Crippen LogP contribution in [0.25, 0.3) is 0 Å². The third-order valence-electron chi connectivity index (χ3n) is 5.56. The van der Waals surface area contributed by atoms with Crippen molar-refractivity contribution in [1.82, 2.24) is 21.3 Å². The zero-order valence-electron chi connectivity index (χ0n) is 22.5. The molecule has 0 aromatic heterocycles. The summed E-state index contributed by atoms with van der Waals surface area (Å²) in [6.45, 7) is -1.61. The summed E-state index contributed by atoms with van der Waals surface area (Å²) in [7, 11) is 0. The number of rotatable bonds is 18. The Morgan fingerprint density at radius 1 is 0.857 bits per heavy atom. The van der Waals surface area contributed by atoms with Crippen LogP contribution in [0.1, 0.15) is 24.8 Å². The minimum absolute atomic E-state index is 0.0304. The number of benzene rings is 1. The average Bonchev–Trinajstić information content (AvgIpc) is 2.91. The van der Waals surface area contributed by atoms with Crippen molar-refractivity contribution in [3.8, 4) is 5.75 Å². The summed E-state index contributed by atoms with van der Waals surface area (Å²) < 4.78 is 0. The molecule has 232 valence electrons. The van der Waals surface area contributed by atoms with Gasteiger partial charge >= 0.3 is 11.9 Å². The maximum atomic E-state index is 12.9. The first kappa shape index (κ1) is 35.1. The van der Waals surface area contributed by atoms with Gasteiger partial charge in [-0.25, -0.2) is 4.79 Å². The predicted octanol–water partition coefficient (Wildman–Crippen LogP) is -4.56. The van der Waals surface area contributed by atoms with Crippen molar-refractivity contribution in [3.05, 3.63) is 29.8 Å². The number of nitrogens with zero attached hydrogens (tertiary/aromatic N) is 1. The van der Waals surface area contributed by atoms with Crippen LogP contribution >= 0.6 is 0 Å². The van der Waals surface area contributed by atoms with E-state index in [1.165, 1.54) is 12.1 Å². The van der Waals surface area contributed by atoms with Crippen LogP contribution in [0.4, 0.5) is 0 Å². The molecule has 42 heavy (non-hydrogen) atoms. The fourth-order valence-electron chi connectivity index (χ4n) is 3.41. The van der Waals surface area contributed by atoms with Crippen molar-refractivity contribution in [2.24, 2.45) is 22.2 Å². The fraction of sp³-hybridized carbons (Fsp3) is 0.458. The van der Waals surface area contributed by atoms with Crippen molar-refractivity contribution in [3.63, 3.8) is 0 Å². The number of phenolic OH excluding ortho intramolecular Hbond substituents is 1. The zero-order valence-corrected chi connectivity index (χ0v) is 22.5. The Bertz CT molecular complexity index is 1140. The Morgan fingerprint density at radius 2 is 1.48 bits per heavy atom. The van der Waals surface area contributed by atoms with Crippen LogP contribution < -0.4 is 38.5 Å². The number of amides is 4. The Morgan fingerprint density at radius 3 is 2.02 bits per heavy atom. The number of nitrogens with two attached hydrogens (primary N) is 3. The van der Waals surface area contributed by atoms with Gasteiger partial charge in [0.2, 0.25) is 23.6 Å². The minimum atomic E-state index is -1.74. The first-order chi connectivity index (χ1) is 19.7. The number of carboxylic acid groups (broad SMARTS) is 2. The molecule has 0 radical (unpaired) electrons. The van der Waals surface area contributed by atoms with E-state index in [9.17, 15) is 33.9 Å². The molecule has 1 aromatic carbocycles. The number of hydrogen-bond acceptors (Lipinski definition) is 10. The van der Waals surface area contributed by atoms with E-state index in [2.05, 4.69) is 20.9 Å². The Hall–Kier alpha value is -4.97. The van der Waals surface area contributed by atoms with Crippen molar-refractivity contribution >= 4 is 41.5 Å². The number of aliphatic hydroxyl groups is 1. The van der Waals surface area contributed by atoms with Gasteiger partial charge in [0.15, 0.2) is 5.96 Å². The number of aliphatic imine (C=N–C) groups is 1. The Labute approximate surface area is 239 Å². The van der Waals surface area contributed by atoms with Crippen molar-refractivity contribution in [2.75, 3.05) is 19.7 Å². The van der Waals surface area contributed by atoms with Gasteiger partial charge in [0.25, 0.3) is 0 Å². The van der Waals surface area contributed by atoms with E-state index >= 15 is 0 Å². The lowest BCUT2D eigenvalue weighted by atomic mass is 10.0. The predicted molar refractivity (Wildman–Crippen MR) is 145 cm³/mol. The molecule has 0 saturated heterocycles. The van der Waals surface area contributed by atoms with Crippen LogP contribution in [0.3, 0.4) is 0 Å². The number of aliphatic carboxylic acids is 2. The highest BCUT2D eigenvalue weighted by Gasteiger charge is 2.29. The first-order valence-corrected chi connectivity index (χ1v) is 12.6. The summed E-state index contributed by atoms with van der Waals surface area (Å²) in [6, 6.07) is 0.259. The third kappa shape index (κ3) is 13.4. The highest BCUT2D eigenvalue weighted by molar-refractivity contribution is 5.95. The number of carbonyl (C=O) groups is 6. The largest absolute Gasteiger partial charge is 0.508 e. The molecular formula is C24H36N8O10. The van der Waals surface area contributed by atoms with Gasteiger partial charge in [0.1, 0.15) is 23.9 Å². The monoisotopic (exact) mass is 596 g/mol. The first-order valence-electron chi connectivity index (χ1n) is 12.6. The molecule has 0 bridgehead atoms. The van der Waals surface area contributed by atoms with Gasteiger partial charge in [-0.3, -0.25) is 29.0 Å². The molecule has 4 atom stereocenters. The fourth-order valence-corrected chi connectivity index (χ4v) is 3.41. The van der Waals surface area contributed by atoms with Gasteiger partial charge < -0.3 is 58.9 Å². The summed E-state index contributed by atoms with van der Waals surface area (Å²) in [5.41, 5.74) is 17.2. The number of carboxylic acids is 2. The third-order valence-corrected chi connectivity index (χ3v) is 5.56. The van der Waals surface area contributed by atoms with E-state index in [1.54, 1.807) is 12.1 Å². The van der Waals surface area contributed by atoms with Crippen LogP contribution in [-0.4, -0.2) is 106 Å². The van der Waals surface area contributed by atoms with Gasteiger partial charge in [0.05, 0.1) is 25.6 Å². The minimum Gasteiger partial charge on any atom is -0.508 e. The van der Waals surface area contributed by atoms with Crippen LogP contribution in [-0.2, 0) is 35.2 Å². The SMILES string of the molecule is NC(N)=NCCCC(NC(=O)C(N)Cc1ccc(O)cc1)C(=O)NCC(=O)NC(CC(=O)O)C(=O)NC(CO)C(=O)O. The molecule has 1 rings (SSSR count). The summed E-state index contributed by atoms with van der Waals surface area (Å²) in [4.78, 5) is 76.3. The summed E-state index contributed by atoms with van der Waals surface area (Å²) in [5, 5.41) is 45.2. The Balaban J connectivity index is 2.86. The summed E-state index contributed by atoms with van der Waals surface area (Å²) >= 11 is 0. The number of nitrogens with one attached hydrogen (secondary N) is 4. The average molecular weight is 597 g/mol. The molecule has 18 heteroatoms. The van der Waals surface area contributed by atoms with E-state index in [0.29, 0.717) is 5.56 Å². The van der Waals surface area contributed by atoms with E-state index in [1.807, 2.05) is 5.32 Å². The second-order valence-corrected chi connectivity index (χ2v) is 9.00. The highest BCUT2D eigenvalue weighted by atomic mass is 16.4. The molecule has 4 amide bonds. The van der Waals surface area contributed by atoms with E-state index in [-0.39, 0.29) is 37.5 Å². The summed E-state index contributed by atoms with van der Waals surface area (Å²) in [6.07, 6.45) is -0.565. The second kappa shape index (κ2) is 17.7. The molecule has 0 saturated carbocycles. The molecule has 0 aliphatic heterocycles. The quantitative estimate of drug-likeness (QED) is 0.0432. The number of carbonyl (C=O) groups excluding carboxylic acids is 4. The number of aromatic hydroxyl groups is 1. The maximum absolute atomic E-state index is 12.9. The second-order valence-electron chi connectivity index (χ2n) is 9.00. The molecular weight excluding hydrogens is 560 g/mol. The number of guanidine groups is 1. The number of phenols is 1. The molecule has 14 N–H and O–H groups in total. The van der Waals surface area contributed by atoms with E-state index in [4.69, 9.17) is 32.5 Å². The van der Waals surface area contributed by atoms with Crippen LogP contribution in [0.15, 0.2) is 29.3 Å². The van der Waals surface area contributed by atoms with Crippen molar-refractivity contribution < 1.29 is 49.2 Å². The molecule has 0 fully saturated rings. The maximum Gasteiger partial charge on any atom is 0.328 e. The molecule has 1 aromatic rings. The molecule has 0 aliphatic rings. The smallest absolute Gasteiger partial charge is 0.328 e. The van der Waals surface area contributed by atoms with Crippen LogP contribution in [0.5, 0.6) is 5.75 Å². The van der Waals surface area contributed by atoms with E-state index in [0.717, 1.165) is 0 Å². The number of hydrogen-bond donors (Lipinski definition) is 11. The molecule has 0 heterocycles. The Kier molecular flexibility index (Phi) is 14.7. The van der Waals surface area contributed by atoms with E-state index < -0.39 is 79.3 Å². The molecule has 18 nitrogen and oxygen atoms in total. The lowest BCUT2D eigenvalue weighted by Gasteiger charge is -2.22. The molecule has 0 spiro atoms. The standard InChI is InChI=1S/C24H36N8O10/c25-14(8-12-3-5-13(34)6-4-12)20(38)31-15(2-1-7-28-24(26)27)21(39)29-10-18(35)30-16(9-19(36)37)22(40)32-17(11-33)23(41)42/h3-6,14-17,33-34H,1-2,7-11,25H2,(H,29,39)(H,30,35)(H,31,38)(H,32,40)(H,36,37)(H,41,42)(H4,26,27,28). The lowest BCUT2D eigenvalue weighted by molar-refractivity contribution is -0.144. The van der Waals surface area contributed by atoms with Crippen LogP contribution in [0.2, 0.25) is 0 Å². The summed E-state index contributed by atoms with van der Waals surface area (Å²) in [5.74, 6) is -6.93.